The van der Waals surface area contributed by atoms with Crippen LogP contribution in [-0.4, -0.2) is 13.2 Å². The highest BCUT2D eigenvalue weighted by Gasteiger charge is 2.28. The first kappa shape index (κ1) is 7.83. The first-order chi connectivity index (χ1) is 5.83. The van der Waals surface area contributed by atoms with Crippen LogP contribution in [0.25, 0.3) is 0 Å². The monoisotopic (exact) mass is 167 g/mol. The number of nitrogens with two attached hydrogens (primary N) is 1. The van der Waals surface area contributed by atoms with Gasteiger partial charge in [0.05, 0.1) is 18.4 Å². The maximum absolute atomic E-state index is 5.96. The number of aryl methyl sites for hydroxylation is 1. The Bertz CT molecular complexity index is 269. The third-order valence-corrected chi connectivity index (χ3v) is 2.50. The molecule has 0 amide bonds. The minimum atomic E-state index is -0.0162. The molecule has 12 heavy (non-hydrogen) atoms. The molecular weight excluding hydrogens is 154 g/mol. The van der Waals surface area contributed by atoms with Crippen molar-refractivity contribution in [2.24, 2.45) is 5.73 Å². The lowest BCUT2D eigenvalue weighted by Crippen LogP contribution is -2.32. The fourth-order valence-electron chi connectivity index (χ4n) is 1.77. The van der Waals surface area contributed by atoms with E-state index in [1.807, 2.05) is 6.07 Å². The van der Waals surface area contributed by atoms with Gasteiger partial charge in [0.1, 0.15) is 5.76 Å². The van der Waals surface area contributed by atoms with Crippen LogP contribution in [0.1, 0.15) is 23.8 Å². The van der Waals surface area contributed by atoms with Crippen LogP contribution in [0.4, 0.5) is 0 Å². The van der Waals surface area contributed by atoms with Gasteiger partial charge < -0.3 is 14.9 Å². The summed E-state index contributed by atoms with van der Waals surface area (Å²) in [5.41, 5.74) is 7.07. The molecule has 1 aromatic rings. The van der Waals surface area contributed by atoms with Crippen molar-refractivity contribution in [3.8, 4) is 0 Å². The predicted octanol–water partition coefficient (Wildman–Crippen LogP) is 1.24. The Morgan fingerprint density at radius 3 is 3.25 bits per heavy atom. The normalized spacial score (nSPS) is 28.5. The van der Waals surface area contributed by atoms with Crippen LogP contribution < -0.4 is 5.73 Å². The van der Waals surface area contributed by atoms with Gasteiger partial charge in [-0.15, -0.1) is 0 Å². The first-order valence-electron chi connectivity index (χ1n) is 4.17. The molecule has 0 aromatic carbocycles. The summed E-state index contributed by atoms with van der Waals surface area (Å²) >= 11 is 0. The molecule has 2 N–H and O–H groups in total. The van der Waals surface area contributed by atoms with Crippen LogP contribution in [0.15, 0.2) is 16.7 Å². The summed E-state index contributed by atoms with van der Waals surface area (Å²) in [5, 5.41) is 0. The summed E-state index contributed by atoms with van der Waals surface area (Å²) in [6.45, 7) is 0. The number of methoxy groups -OCH3 is 1. The Hall–Kier alpha value is -0.800. The van der Waals surface area contributed by atoms with Crippen LogP contribution >= 0.6 is 0 Å². The third kappa shape index (κ3) is 1.06. The maximum atomic E-state index is 5.96. The van der Waals surface area contributed by atoms with E-state index in [0.29, 0.717) is 0 Å². The number of fused-ring (bicyclic) bond motifs is 1. The van der Waals surface area contributed by atoms with Crippen molar-refractivity contribution in [3.63, 3.8) is 0 Å². The van der Waals surface area contributed by atoms with Crippen molar-refractivity contribution in [1.29, 1.82) is 0 Å². The molecule has 0 saturated carbocycles. The highest BCUT2D eigenvalue weighted by molar-refractivity contribution is 5.25. The van der Waals surface area contributed by atoms with Gasteiger partial charge in [0.2, 0.25) is 0 Å². The summed E-state index contributed by atoms with van der Waals surface area (Å²) < 4.78 is 10.5. The van der Waals surface area contributed by atoms with Crippen LogP contribution in [-0.2, 0) is 11.2 Å². The lowest BCUT2D eigenvalue weighted by molar-refractivity contribution is 0.0653. The molecule has 0 fully saturated rings. The van der Waals surface area contributed by atoms with E-state index < -0.39 is 0 Å². The average molecular weight is 167 g/mol. The molecule has 2 atom stereocenters. The smallest absolute Gasteiger partial charge is 0.108 e. The standard InChI is InChI=1S/C9H13NO2/c1-11-8-3-2-7-6(9(8)10)4-5-12-7/h4-5,8-9H,2-3,10H2,1H3. The van der Waals surface area contributed by atoms with E-state index in [9.17, 15) is 0 Å². The van der Waals surface area contributed by atoms with E-state index in [0.717, 1.165) is 24.2 Å². The topological polar surface area (TPSA) is 48.4 Å². The molecule has 1 heterocycles. The van der Waals surface area contributed by atoms with Gasteiger partial charge in [-0.05, 0) is 12.5 Å². The summed E-state index contributed by atoms with van der Waals surface area (Å²) in [6, 6.07) is 1.92. The van der Waals surface area contributed by atoms with Crippen molar-refractivity contribution in [1.82, 2.24) is 0 Å². The van der Waals surface area contributed by atoms with Gasteiger partial charge in [-0.1, -0.05) is 0 Å². The highest BCUT2D eigenvalue weighted by Crippen LogP contribution is 2.30. The Labute approximate surface area is 71.5 Å². The summed E-state index contributed by atoms with van der Waals surface area (Å²) in [5.74, 6) is 1.02. The van der Waals surface area contributed by atoms with Crippen LogP contribution in [0.3, 0.4) is 0 Å². The number of hydrogen-bond acceptors (Lipinski definition) is 3. The molecule has 1 aliphatic carbocycles. The molecule has 66 valence electrons. The summed E-state index contributed by atoms with van der Waals surface area (Å²) in [7, 11) is 1.70. The van der Waals surface area contributed by atoms with Gasteiger partial charge in [0, 0.05) is 19.1 Å². The molecule has 0 radical (unpaired) electrons. The second kappa shape index (κ2) is 2.92. The van der Waals surface area contributed by atoms with Gasteiger partial charge in [-0.25, -0.2) is 0 Å². The van der Waals surface area contributed by atoms with Gasteiger partial charge in [-0.2, -0.15) is 0 Å². The minimum absolute atomic E-state index is 0.0162. The number of ether oxygens (including phenoxy) is 1. The van der Waals surface area contributed by atoms with Crippen LogP contribution in [0, 0.1) is 0 Å². The number of furan rings is 1. The maximum Gasteiger partial charge on any atom is 0.108 e. The minimum Gasteiger partial charge on any atom is -0.469 e. The van der Waals surface area contributed by atoms with E-state index in [1.165, 1.54) is 0 Å². The average Bonchev–Trinajstić information content (AvgIpc) is 2.53. The zero-order chi connectivity index (χ0) is 8.55. The quantitative estimate of drug-likeness (QED) is 0.684. The van der Waals surface area contributed by atoms with Crippen molar-refractivity contribution < 1.29 is 9.15 Å². The van der Waals surface area contributed by atoms with Gasteiger partial charge >= 0.3 is 0 Å². The first-order valence-corrected chi connectivity index (χ1v) is 4.17. The molecule has 3 nitrogen and oxygen atoms in total. The van der Waals surface area contributed by atoms with E-state index in [2.05, 4.69) is 0 Å². The molecule has 0 saturated heterocycles. The largest absolute Gasteiger partial charge is 0.469 e. The molecule has 2 rings (SSSR count). The second-order valence-electron chi connectivity index (χ2n) is 3.14. The molecule has 0 aliphatic heterocycles. The Balaban J connectivity index is 2.29. The lowest BCUT2D eigenvalue weighted by Gasteiger charge is -2.26. The second-order valence-corrected chi connectivity index (χ2v) is 3.14. The Morgan fingerprint density at radius 1 is 1.67 bits per heavy atom. The molecule has 0 spiro atoms. The molecular formula is C9H13NO2. The van der Waals surface area contributed by atoms with Crippen molar-refractivity contribution in [3.05, 3.63) is 23.7 Å². The van der Waals surface area contributed by atoms with E-state index in [1.54, 1.807) is 13.4 Å². The predicted molar refractivity (Wildman–Crippen MR) is 44.8 cm³/mol. The van der Waals surface area contributed by atoms with Gasteiger partial charge in [0.15, 0.2) is 0 Å². The molecule has 1 aromatic heterocycles. The zero-order valence-electron chi connectivity index (χ0n) is 7.12. The SMILES string of the molecule is COC1CCc2occc2C1N. The van der Waals surface area contributed by atoms with Crippen LogP contribution in [0.2, 0.25) is 0 Å². The van der Waals surface area contributed by atoms with Gasteiger partial charge in [0.25, 0.3) is 0 Å². The summed E-state index contributed by atoms with van der Waals surface area (Å²) in [6.07, 6.45) is 3.74. The van der Waals surface area contributed by atoms with Crippen molar-refractivity contribution in [2.75, 3.05) is 7.11 Å². The fourth-order valence-corrected chi connectivity index (χ4v) is 1.77. The van der Waals surface area contributed by atoms with E-state index >= 15 is 0 Å². The van der Waals surface area contributed by atoms with E-state index in [-0.39, 0.29) is 12.1 Å². The molecule has 2 unspecified atom stereocenters. The fraction of sp³-hybridized carbons (Fsp3) is 0.556. The third-order valence-electron chi connectivity index (χ3n) is 2.50. The highest BCUT2D eigenvalue weighted by atomic mass is 16.5. The van der Waals surface area contributed by atoms with Crippen LogP contribution in [0.5, 0.6) is 0 Å². The van der Waals surface area contributed by atoms with Crippen molar-refractivity contribution >= 4 is 0 Å². The molecule has 0 bridgehead atoms. The summed E-state index contributed by atoms with van der Waals surface area (Å²) in [4.78, 5) is 0. The zero-order valence-corrected chi connectivity index (χ0v) is 7.12. The molecule has 1 aliphatic rings. The Morgan fingerprint density at radius 2 is 2.50 bits per heavy atom. The van der Waals surface area contributed by atoms with Crippen molar-refractivity contribution in [2.45, 2.75) is 25.0 Å². The number of hydrogen-bond donors (Lipinski definition) is 1. The Kier molecular flexibility index (Phi) is 1.90. The van der Waals surface area contributed by atoms with Gasteiger partial charge in [-0.3, -0.25) is 0 Å². The number of rotatable bonds is 1. The van der Waals surface area contributed by atoms with E-state index in [4.69, 9.17) is 14.9 Å². The molecule has 3 heteroatoms. The lowest BCUT2D eigenvalue weighted by atomic mass is 9.91.